The Morgan fingerprint density at radius 1 is 1.64 bits per heavy atom. The van der Waals surface area contributed by atoms with Crippen molar-refractivity contribution in [1.29, 1.82) is 0 Å². The number of likely N-dealkylation sites (tertiary alicyclic amines) is 1. The average Bonchev–Trinajstić information content (AvgIpc) is 2.93. The van der Waals surface area contributed by atoms with E-state index in [4.69, 9.17) is 4.74 Å². The monoisotopic (exact) mass is 307 g/mol. The molecule has 1 atom stereocenters. The second-order valence-corrected chi connectivity index (χ2v) is 5.96. The number of hydrogen-bond acceptors (Lipinski definition) is 4. The minimum Gasteiger partial charge on any atom is -0.481 e. The van der Waals surface area contributed by atoms with Crippen LogP contribution in [0.3, 0.4) is 0 Å². The van der Waals surface area contributed by atoms with Gasteiger partial charge in [-0.05, 0) is 25.8 Å². The number of carboxylic acid groups (broad SMARTS) is 1. The van der Waals surface area contributed by atoms with E-state index in [1.54, 1.807) is 19.5 Å². The van der Waals surface area contributed by atoms with Crippen LogP contribution in [0, 0.1) is 5.41 Å². The summed E-state index contributed by atoms with van der Waals surface area (Å²) in [5, 5.41) is 9.63. The Kier molecular flexibility index (Phi) is 5.74. The van der Waals surface area contributed by atoms with Crippen molar-refractivity contribution < 1.29 is 14.6 Å². The van der Waals surface area contributed by atoms with Gasteiger partial charge >= 0.3 is 5.97 Å². The molecule has 122 valence electrons. The minimum absolute atomic E-state index is 0.516. The molecule has 1 N–H and O–H groups in total. The number of ether oxygens (including phenoxy) is 1. The topological polar surface area (TPSA) is 67.6 Å². The Morgan fingerprint density at radius 2 is 2.45 bits per heavy atom. The number of hydrogen-bond donors (Lipinski definition) is 1. The van der Waals surface area contributed by atoms with Crippen LogP contribution in [0.15, 0.2) is 25.2 Å². The van der Waals surface area contributed by atoms with Gasteiger partial charge in [-0.25, -0.2) is 4.98 Å². The van der Waals surface area contributed by atoms with E-state index in [1.165, 1.54) is 0 Å². The lowest BCUT2D eigenvalue weighted by atomic mass is 9.77. The standard InChI is InChI=1S/C16H25N3O3/c1-3-5-16(15(20)21)6-4-7-18(12-16)11-14-10-17-13-19(14)8-9-22-2/h3,10,13H,1,4-9,11-12H2,2H3,(H,20,21)/t16-/m0/s1. The Morgan fingerprint density at radius 3 is 3.14 bits per heavy atom. The summed E-state index contributed by atoms with van der Waals surface area (Å²) in [5.74, 6) is -0.718. The molecular formula is C16H25N3O3. The van der Waals surface area contributed by atoms with Gasteiger partial charge in [-0.15, -0.1) is 6.58 Å². The van der Waals surface area contributed by atoms with Crippen molar-refractivity contribution in [3.8, 4) is 0 Å². The fraction of sp³-hybridized carbons (Fsp3) is 0.625. The first-order valence-corrected chi connectivity index (χ1v) is 7.66. The Bertz CT molecular complexity index is 514. The van der Waals surface area contributed by atoms with Gasteiger partial charge in [-0.3, -0.25) is 9.69 Å². The summed E-state index contributed by atoms with van der Waals surface area (Å²) in [4.78, 5) is 18.1. The number of piperidine rings is 1. The predicted octanol–water partition coefficient (Wildman–Crippen LogP) is 1.77. The molecule has 1 aliphatic rings. The van der Waals surface area contributed by atoms with Crippen LogP contribution in [-0.2, 0) is 22.6 Å². The van der Waals surface area contributed by atoms with Gasteiger partial charge in [-0.1, -0.05) is 6.08 Å². The number of aromatic nitrogens is 2. The molecule has 0 amide bonds. The fourth-order valence-electron chi connectivity index (χ4n) is 3.17. The maximum absolute atomic E-state index is 11.7. The van der Waals surface area contributed by atoms with E-state index in [9.17, 15) is 9.90 Å². The maximum atomic E-state index is 11.7. The molecule has 1 fully saturated rings. The summed E-state index contributed by atoms with van der Waals surface area (Å²) in [7, 11) is 1.68. The quantitative estimate of drug-likeness (QED) is 0.741. The van der Waals surface area contributed by atoms with Crippen molar-refractivity contribution in [2.75, 3.05) is 26.8 Å². The summed E-state index contributed by atoms with van der Waals surface area (Å²) >= 11 is 0. The van der Waals surface area contributed by atoms with E-state index in [1.807, 2.05) is 6.20 Å². The Hall–Kier alpha value is -1.66. The largest absolute Gasteiger partial charge is 0.481 e. The number of carboxylic acids is 1. The van der Waals surface area contributed by atoms with Crippen LogP contribution in [0.25, 0.3) is 0 Å². The van der Waals surface area contributed by atoms with E-state index in [-0.39, 0.29) is 0 Å². The molecule has 1 aromatic heterocycles. The van der Waals surface area contributed by atoms with Crippen molar-refractivity contribution >= 4 is 5.97 Å². The lowest BCUT2D eigenvalue weighted by Crippen LogP contribution is -2.47. The summed E-state index contributed by atoms with van der Waals surface area (Å²) in [6, 6.07) is 0. The smallest absolute Gasteiger partial charge is 0.311 e. The van der Waals surface area contributed by atoms with E-state index in [2.05, 4.69) is 21.0 Å². The summed E-state index contributed by atoms with van der Waals surface area (Å²) in [6.07, 6.45) is 7.50. The van der Waals surface area contributed by atoms with E-state index in [0.29, 0.717) is 26.0 Å². The van der Waals surface area contributed by atoms with Crippen molar-refractivity contribution in [3.05, 3.63) is 30.9 Å². The van der Waals surface area contributed by atoms with E-state index >= 15 is 0 Å². The third kappa shape index (κ3) is 3.75. The number of allylic oxidation sites excluding steroid dienone is 1. The molecular weight excluding hydrogens is 282 g/mol. The van der Waals surface area contributed by atoms with Crippen LogP contribution in [0.4, 0.5) is 0 Å². The van der Waals surface area contributed by atoms with Crippen molar-refractivity contribution in [1.82, 2.24) is 14.5 Å². The van der Waals surface area contributed by atoms with Crippen LogP contribution in [0.1, 0.15) is 25.0 Å². The molecule has 1 aliphatic heterocycles. The normalized spacial score (nSPS) is 22.6. The van der Waals surface area contributed by atoms with Gasteiger partial charge in [0, 0.05) is 32.9 Å². The molecule has 0 bridgehead atoms. The van der Waals surface area contributed by atoms with Gasteiger partial charge in [0.2, 0.25) is 0 Å². The molecule has 2 heterocycles. The highest BCUT2D eigenvalue weighted by Crippen LogP contribution is 2.34. The second-order valence-electron chi connectivity index (χ2n) is 5.96. The van der Waals surface area contributed by atoms with Crippen LogP contribution >= 0.6 is 0 Å². The van der Waals surface area contributed by atoms with Crippen molar-refractivity contribution in [2.24, 2.45) is 5.41 Å². The van der Waals surface area contributed by atoms with Gasteiger partial charge in [0.15, 0.2) is 0 Å². The number of rotatable bonds is 8. The molecule has 0 saturated carbocycles. The maximum Gasteiger partial charge on any atom is 0.311 e. The molecule has 0 aliphatic carbocycles. The average molecular weight is 307 g/mol. The Balaban J connectivity index is 2.05. The van der Waals surface area contributed by atoms with Gasteiger partial charge in [0.25, 0.3) is 0 Å². The highest BCUT2D eigenvalue weighted by molar-refractivity contribution is 5.75. The lowest BCUT2D eigenvalue weighted by Gasteiger charge is -2.39. The van der Waals surface area contributed by atoms with Gasteiger partial charge in [-0.2, -0.15) is 0 Å². The zero-order valence-corrected chi connectivity index (χ0v) is 13.2. The van der Waals surface area contributed by atoms with E-state index in [0.717, 1.165) is 31.7 Å². The molecule has 0 radical (unpaired) electrons. The molecule has 1 saturated heterocycles. The highest BCUT2D eigenvalue weighted by Gasteiger charge is 2.41. The molecule has 22 heavy (non-hydrogen) atoms. The number of imidazole rings is 1. The first-order chi connectivity index (χ1) is 10.6. The third-order valence-electron chi connectivity index (χ3n) is 4.37. The van der Waals surface area contributed by atoms with Crippen LogP contribution < -0.4 is 0 Å². The van der Waals surface area contributed by atoms with Crippen molar-refractivity contribution in [3.63, 3.8) is 0 Å². The zero-order chi connectivity index (χ0) is 16.0. The number of carbonyl (C=O) groups is 1. The SMILES string of the molecule is C=CC[C@]1(C(=O)O)CCCN(Cc2cncn2CCOC)C1. The number of aliphatic carboxylic acids is 1. The first kappa shape index (κ1) is 16.7. The molecule has 0 aromatic carbocycles. The van der Waals surface area contributed by atoms with Crippen LogP contribution in [0.2, 0.25) is 0 Å². The Labute approximate surface area is 131 Å². The summed E-state index contributed by atoms with van der Waals surface area (Å²) in [6.45, 7) is 7.31. The molecule has 0 spiro atoms. The van der Waals surface area contributed by atoms with Crippen LogP contribution in [0.5, 0.6) is 0 Å². The second kappa shape index (κ2) is 7.56. The molecule has 0 unspecified atom stereocenters. The minimum atomic E-state index is -0.718. The predicted molar refractivity (Wildman–Crippen MR) is 83.5 cm³/mol. The van der Waals surface area contributed by atoms with Gasteiger partial charge in [0.1, 0.15) is 0 Å². The first-order valence-electron chi connectivity index (χ1n) is 7.66. The number of methoxy groups -OCH3 is 1. The molecule has 2 rings (SSSR count). The summed E-state index contributed by atoms with van der Waals surface area (Å²) in [5.41, 5.74) is 0.397. The third-order valence-corrected chi connectivity index (χ3v) is 4.37. The highest BCUT2D eigenvalue weighted by atomic mass is 16.5. The van der Waals surface area contributed by atoms with Gasteiger partial charge < -0.3 is 14.4 Å². The fourth-order valence-corrected chi connectivity index (χ4v) is 3.17. The molecule has 1 aromatic rings. The number of nitrogens with zero attached hydrogens (tertiary/aromatic N) is 3. The van der Waals surface area contributed by atoms with Crippen LogP contribution in [-0.4, -0.2) is 52.3 Å². The summed E-state index contributed by atoms with van der Waals surface area (Å²) < 4.78 is 7.17. The molecule has 6 nitrogen and oxygen atoms in total. The zero-order valence-electron chi connectivity index (χ0n) is 13.2. The van der Waals surface area contributed by atoms with E-state index < -0.39 is 11.4 Å². The lowest BCUT2D eigenvalue weighted by molar-refractivity contribution is -0.152. The molecule has 6 heteroatoms. The van der Waals surface area contributed by atoms with Gasteiger partial charge in [0.05, 0.1) is 24.0 Å². The van der Waals surface area contributed by atoms with Crippen molar-refractivity contribution in [2.45, 2.75) is 32.4 Å².